The third-order valence-electron chi connectivity index (χ3n) is 0.652. The maximum absolute atomic E-state index is 9.78. The van der Waals surface area contributed by atoms with E-state index in [1.165, 1.54) is 6.41 Å². The van der Waals surface area contributed by atoms with E-state index >= 15 is 0 Å². The van der Waals surface area contributed by atoms with Gasteiger partial charge in [-0.05, 0) is 0 Å². The third-order valence-corrected chi connectivity index (χ3v) is 0.652. The van der Waals surface area contributed by atoms with E-state index in [0.29, 0.717) is 0 Å². The fourth-order valence-electron chi connectivity index (χ4n) is 0.291. The maximum Gasteiger partial charge on any atom is 0.313 e. The minimum Gasteiger partial charge on any atom is -0.308 e. The summed E-state index contributed by atoms with van der Waals surface area (Å²) < 4.78 is 0. The summed E-state index contributed by atoms with van der Waals surface area (Å²) in [5.74, 6) is 0. The van der Waals surface area contributed by atoms with E-state index in [1.54, 1.807) is 12.1 Å². The highest BCUT2D eigenvalue weighted by atomic mass is 16.1. The quantitative estimate of drug-likeness (QED) is 0.371. The number of nitrogens with zero attached hydrogens (tertiary/aromatic N) is 3. The van der Waals surface area contributed by atoms with Crippen molar-refractivity contribution in [3.8, 4) is 12.1 Å². The van der Waals surface area contributed by atoms with E-state index in [9.17, 15) is 4.79 Å². The van der Waals surface area contributed by atoms with Gasteiger partial charge in [-0.2, -0.15) is 10.5 Å². The van der Waals surface area contributed by atoms with Gasteiger partial charge in [0.25, 0.3) is 0 Å². The number of hydrogen-bond acceptors (Lipinski definition) is 3. The molecule has 4 nitrogen and oxygen atoms in total. The largest absolute Gasteiger partial charge is 0.313 e. The maximum atomic E-state index is 9.78. The molecular weight excluding hydrogens is 118 g/mol. The topological polar surface area (TPSA) is 67.9 Å². The second-order valence-electron chi connectivity index (χ2n) is 1.26. The van der Waals surface area contributed by atoms with Crippen LogP contribution in [0.1, 0.15) is 0 Å². The van der Waals surface area contributed by atoms with E-state index in [1.807, 2.05) is 0 Å². The van der Waals surface area contributed by atoms with Crippen molar-refractivity contribution in [2.24, 2.45) is 0 Å². The molecule has 4 heteroatoms. The zero-order chi connectivity index (χ0) is 7.11. The molecule has 0 aliphatic heterocycles. The van der Waals surface area contributed by atoms with Crippen LogP contribution in [0.3, 0.4) is 0 Å². The lowest BCUT2D eigenvalue weighted by atomic mass is 10.5. The van der Waals surface area contributed by atoms with Gasteiger partial charge < -0.3 is 4.90 Å². The lowest BCUT2D eigenvalue weighted by molar-refractivity contribution is 0.442. The van der Waals surface area contributed by atoms with Crippen molar-refractivity contribution >= 4 is 6.41 Å². The summed E-state index contributed by atoms with van der Waals surface area (Å²) in [5.41, 5.74) is 0. The fraction of sp³-hybridized carbons (Fsp3) is 0.400. The fourth-order valence-corrected chi connectivity index (χ4v) is 0.291. The first-order valence-corrected chi connectivity index (χ1v) is 2.21. The molecule has 1 radical (unpaired) electrons. The van der Waals surface area contributed by atoms with E-state index in [-0.39, 0.29) is 13.1 Å². The van der Waals surface area contributed by atoms with Crippen molar-refractivity contribution in [2.45, 2.75) is 0 Å². The summed E-state index contributed by atoms with van der Waals surface area (Å²) in [6.45, 7) is -0.145. The molecule has 0 aromatic carbocycles. The standard InChI is InChI=1S/C5H4N3O/c6-1-3-8(5-9)4-2-7/h3-4H2. The van der Waals surface area contributed by atoms with E-state index in [4.69, 9.17) is 10.5 Å². The van der Waals surface area contributed by atoms with Crippen molar-refractivity contribution in [1.29, 1.82) is 10.5 Å². The molecule has 0 atom stereocenters. The molecule has 0 heterocycles. The van der Waals surface area contributed by atoms with Gasteiger partial charge >= 0.3 is 6.41 Å². The van der Waals surface area contributed by atoms with Crippen molar-refractivity contribution in [1.82, 2.24) is 4.90 Å². The summed E-state index contributed by atoms with van der Waals surface area (Å²) in [5, 5.41) is 16.0. The SMILES string of the molecule is N#CCN([C]=O)CC#N. The van der Waals surface area contributed by atoms with Gasteiger partial charge in [0.1, 0.15) is 13.1 Å². The molecule has 1 amide bonds. The van der Waals surface area contributed by atoms with Crippen LogP contribution in [0.4, 0.5) is 0 Å². The third kappa shape index (κ3) is 3.07. The van der Waals surface area contributed by atoms with Gasteiger partial charge in [-0.1, -0.05) is 0 Å². The molecule has 0 saturated heterocycles. The van der Waals surface area contributed by atoms with Crippen LogP contribution in [0.15, 0.2) is 0 Å². The Kier molecular flexibility index (Phi) is 3.81. The van der Waals surface area contributed by atoms with Crippen LogP contribution in [-0.4, -0.2) is 24.4 Å². The monoisotopic (exact) mass is 122 g/mol. The highest BCUT2D eigenvalue weighted by Crippen LogP contribution is 1.76. The Hall–Kier alpha value is -1.55. The van der Waals surface area contributed by atoms with Gasteiger partial charge in [-0.15, -0.1) is 0 Å². The first-order valence-electron chi connectivity index (χ1n) is 2.21. The average molecular weight is 122 g/mol. The van der Waals surface area contributed by atoms with Gasteiger partial charge in [-0.25, -0.2) is 0 Å². The Labute approximate surface area is 52.9 Å². The highest BCUT2D eigenvalue weighted by molar-refractivity contribution is 5.49. The Morgan fingerprint density at radius 1 is 1.22 bits per heavy atom. The van der Waals surface area contributed by atoms with Gasteiger partial charge in [0.05, 0.1) is 12.1 Å². The molecule has 0 N–H and O–H groups in total. The van der Waals surface area contributed by atoms with E-state index in [2.05, 4.69) is 0 Å². The number of nitriles is 2. The first-order chi connectivity index (χ1) is 4.35. The molecular formula is C5H4N3O. The summed E-state index contributed by atoms with van der Waals surface area (Å²) in [6.07, 6.45) is 1.44. The van der Waals surface area contributed by atoms with Crippen LogP contribution in [0.5, 0.6) is 0 Å². The zero-order valence-corrected chi connectivity index (χ0v) is 4.66. The molecule has 0 aliphatic carbocycles. The van der Waals surface area contributed by atoms with Gasteiger partial charge in [0.15, 0.2) is 0 Å². The summed E-state index contributed by atoms with van der Waals surface area (Å²) in [4.78, 5) is 10.7. The van der Waals surface area contributed by atoms with E-state index < -0.39 is 0 Å². The molecule has 0 aromatic heterocycles. The number of carbonyl (C=O) groups excluding carboxylic acids is 1. The highest BCUT2D eigenvalue weighted by Gasteiger charge is 1.97. The molecule has 0 aromatic rings. The first kappa shape index (κ1) is 7.45. The predicted octanol–water partition coefficient (Wildman–Crippen LogP) is -0.597. The second-order valence-corrected chi connectivity index (χ2v) is 1.26. The van der Waals surface area contributed by atoms with E-state index in [0.717, 1.165) is 4.90 Å². The van der Waals surface area contributed by atoms with Crippen LogP contribution < -0.4 is 0 Å². The molecule has 0 spiro atoms. The zero-order valence-electron chi connectivity index (χ0n) is 4.66. The minimum atomic E-state index is -0.0724. The molecule has 0 rings (SSSR count). The van der Waals surface area contributed by atoms with Gasteiger partial charge in [0.2, 0.25) is 0 Å². The van der Waals surface area contributed by atoms with Crippen LogP contribution in [-0.2, 0) is 4.79 Å². The molecule has 0 saturated carbocycles. The molecule has 0 bridgehead atoms. The molecule has 0 fully saturated rings. The summed E-state index contributed by atoms with van der Waals surface area (Å²) in [7, 11) is 0. The minimum absolute atomic E-state index is 0.0724. The lowest BCUT2D eigenvalue weighted by Crippen LogP contribution is -2.21. The van der Waals surface area contributed by atoms with Crippen LogP contribution >= 0.6 is 0 Å². The van der Waals surface area contributed by atoms with Gasteiger partial charge in [-0.3, -0.25) is 4.79 Å². The second kappa shape index (κ2) is 4.61. The van der Waals surface area contributed by atoms with Crippen molar-refractivity contribution in [2.75, 3.05) is 13.1 Å². The normalized spacial score (nSPS) is 6.89. The Morgan fingerprint density at radius 3 is 1.89 bits per heavy atom. The Morgan fingerprint density at radius 2 is 1.67 bits per heavy atom. The summed E-state index contributed by atoms with van der Waals surface area (Å²) in [6, 6.07) is 3.43. The molecule has 0 unspecified atom stereocenters. The number of hydrogen-bond donors (Lipinski definition) is 0. The Bertz CT molecular complexity index is 148. The average Bonchev–Trinajstić information content (AvgIpc) is 1.88. The summed E-state index contributed by atoms with van der Waals surface area (Å²) >= 11 is 0. The molecule has 45 valence electrons. The van der Waals surface area contributed by atoms with Crippen molar-refractivity contribution in [3.63, 3.8) is 0 Å². The van der Waals surface area contributed by atoms with Crippen LogP contribution in [0.25, 0.3) is 0 Å². The molecule has 0 aliphatic rings. The van der Waals surface area contributed by atoms with Crippen molar-refractivity contribution < 1.29 is 4.79 Å². The lowest BCUT2D eigenvalue weighted by Gasteiger charge is -2.03. The number of amides is 1. The van der Waals surface area contributed by atoms with Crippen LogP contribution in [0.2, 0.25) is 0 Å². The van der Waals surface area contributed by atoms with Gasteiger partial charge in [0, 0.05) is 0 Å². The predicted molar refractivity (Wildman–Crippen MR) is 28.5 cm³/mol. The number of rotatable bonds is 3. The van der Waals surface area contributed by atoms with Crippen LogP contribution in [0, 0.1) is 22.7 Å². The molecule has 9 heavy (non-hydrogen) atoms. The smallest absolute Gasteiger partial charge is 0.308 e. The van der Waals surface area contributed by atoms with Crippen molar-refractivity contribution in [3.05, 3.63) is 0 Å². The Balaban J connectivity index is 3.60.